The smallest absolute Gasteiger partial charge is 0.258 e. The Labute approximate surface area is 102 Å². The van der Waals surface area contributed by atoms with Crippen molar-refractivity contribution in [2.75, 3.05) is 6.26 Å². The lowest BCUT2D eigenvalue weighted by Gasteiger charge is -1.95. The maximum atomic E-state index is 10.4. The van der Waals surface area contributed by atoms with Gasteiger partial charge in [-0.1, -0.05) is 22.0 Å². The molecular weight excluding hydrogens is 300 g/mol. The summed E-state index contributed by atoms with van der Waals surface area (Å²) in [7, 11) is -3.17. The van der Waals surface area contributed by atoms with Crippen LogP contribution in [0, 0.1) is 17.0 Å². The molecule has 0 bridgehead atoms. The number of aryl methyl sites for hydroxylation is 1. The van der Waals surface area contributed by atoms with Gasteiger partial charge in [0, 0.05) is 16.1 Å². The van der Waals surface area contributed by atoms with E-state index in [-0.39, 0.29) is 10.6 Å². The Morgan fingerprint density at radius 1 is 1.44 bits per heavy atom. The van der Waals surface area contributed by atoms with Gasteiger partial charge in [-0.2, -0.15) is 0 Å². The molecular formula is C8H11BrN2O4S. The number of sulfonamides is 1. The maximum Gasteiger partial charge on any atom is 0.273 e. The summed E-state index contributed by atoms with van der Waals surface area (Å²) >= 11 is 3.16. The van der Waals surface area contributed by atoms with Gasteiger partial charge in [0.15, 0.2) is 0 Å². The summed E-state index contributed by atoms with van der Waals surface area (Å²) in [4.78, 5) is 9.97. The van der Waals surface area contributed by atoms with Gasteiger partial charge >= 0.3 is 0 Å². The highest BCUT2D eigenvalue weighted by Gasteiger charge is 2.08. The summed E-state index contributed by atoms with van der Waals surface area (Å²) < 4.78 is 19.6. The van der Waals surface area contributed by atoms with Gasteiger partial charge in [-0.25, -0.2) is 13.6 Å². The topological polar surface area (TPSA) is 103 Å². The second-order valence-corrected chi connectivity index (χ2v) is 5.59. The third-order valence-electron chi connectivity index (χ3n) is 1.37. The second kappa shape index (κ2) is 5.92. The summed E-state index contributed by atoms with van der Waals surface area (Å²) in [5, 5.41) is 14.7. The Morgan fingerprint density at radius 2 is 1.88 bits per heavy atom. The molecule has 0 aromatic heterocycles. The monoisotopic (exact) mass is 310 g/mol. The lowest BCUT2D eigenvalue weighted by molar-refractivity contribution is -0.385. The first-order valence-corrected chi connectivity index (χ1v) is 6.74. The molecule has 1 rings (SSSR count). The van der Waals surface area contributed by atoms with Crippen LogP contribution >= 0.6 is 15.9 Å². The molecule has 0 atom stereocenters. The number of hydrogen-bond donors (Lipinski definition) is 1. The summed E-state index contributed by atoms with van der Waals surface area (Å²) in [5.74, 6) is 0. The molecule has 0 aliphatic rings. The Hall–Kier alpha value is -0.990. The zero-order chi connectivity index (χ0) is 12.9. The van der Waals surface area contributed by atoms with Crippen molar-refractivity contribution in [1.82, 2.24) is 0 Å². The van der Waals surface area contributed by atoms with Gasteiger partial charge in [0.05, 0.1) is 11.2 Å². The fraction of sp³-hybridized carbons (Fsp3) is 0.250. The molecule has 2 N–H and O–H groups in total. The van der Waals surface area contributed by atoms with Crippen molar-refractivity contribution in [2.45, 2.75) is 6.92 Å². The first kappa shape index (κ1) is 15.0. The van der Waals surface area contributed by atoms with Crippen LogP contribution in [-0.4, -0.2) is 19.6 Å². The average molecular weight is 311 g/mol. The van der Waals surface area contributed by atoms with Gasteiger partial charge in [0.25, 0.3) is 5.69 Å². The van der Waals surface area contributed by atoms with Gasteiger partial charge in [-0.3, -0.25) is 10.1 Å². The Kier molecular flexibility index (Phi) is 5.56. The molecule has 0 unspecified atom stereocenters. The van der Waals surface area contributed by atoms with Crippen LogP contribution in [0.25, 0.3) is 0 Å². The molecule has 0 fully saturated rings. The van der Waals surface area contributed by atoms with E-state index in [0.29, 0.717) is 5.56 Å². The molecule has 1 aromatic carbocycles. The number of nitro benzene ring substituents is 1. The van der Waals surface area contributed by atoms with Crippen molar-refractivity contribution in [3.8, 4) is 0 Å². The minimum Gasteiger partial charge on any atom is -0.258 e. The number of rotatable bonds is 1. The van der Waals surface area contributed by atoms with Crippen LogP contribution in [0.2, 0.25) is 0 Å². The SMILES string of the molecule is CS(N)(=O)=O.Cc1ccc(Br)cc1[N+](=O)[O-]. The number of nitrogens with two attached hydrogens (primary N) is 1. The lowest BCUT2D eigenvalue weighted by Crippen LogP contribution is -2.07. The van der Waals surface area contributed by atoms with E-state index in [4.69, 9.17) is 0 Å². The highest BCUT2D eigenvalue weighted by molar-refractivity contribution is 9.10. The van der Waals surface area contributed by atoms with Crippen LogP contribution in [0.4, 0.5) is 5.69 Å². The van der Waals surface area contributed by atoms with E-state index in [1.165, 1.54) is 6.07 Å². The van der Waals surface area contributed by atoms with E-state index in [9.17, 15) is 18.5 Å². The predicted octanol–water partition coefficient (Wildman–Crippen LogP) is 1.57. The molecule has 0 saturated carbocycles. The van der Waals surface area contributed by atoms with Crippen molar-refractivity contribution < 1.29 is 13.3 Å². The molecule has 0 aliphatic heterocycles. The zero-order valence-corrected chi connectivity index (χ0v) is 11.1. The molecule has 0 spiro atoms. The van der Waals surface area contributed by atoms with Gasteiger partial charge in [0.1, 0.15) is 0 Å². The normalized spacial score (nSPS) is 10.2. The van der Waals surface area contributed by atoms with Gasteiger partial charge in [-0.05, 0) is 13.0 Å². The van der Waals surface area contributed by atoms with Gasteiger partial charge < -0.3 is 0 Å². The Balaban J connectivity index is 0.000000385. The van der Waals surface area contributed by atoms with Crippen molar-refractivity contribution in [3.63, 3.8) is 0 Å². The quantitative estimate of drug-likeness (QED) is 0.628. The highest BCUT2D eigenvalue weighted by Crippen LogP contribution is 2.22. The van der Waals surface area contributed by atoms with Gasteiger partial charge in [-0.15, -0.1) is 0 Å². The molecule has 0 amide bonds. The molecule has 16 heavy (non-hydrogen) atoms. The van der Waals surface area contributed by atoms with E-state index < -0.39 is 10.0 Å². The number of halogens is 1. The molecule has 0 saturated heterocycles. The Morgan fingerprint density at radius 3 is 2.19 bits per heavy atom. The maximum absolute atomic E-state index is 10.4. The van der Waals surface area contributed by atoms with Crippen molar-refractivity contribution in [1.29, 1.82) is 0 Å². The minimum absolute atomic E-state index is 0.152. The number of nitrogens with zero attached hydrogens (tertiary/aromatic N) is 1. The lowest BCUT2D eigenvalue weighted by atomic mass is 10.2. The van der Waals surface area contributed by atoms with E-state index in [2.05, 4.69) is 21.1 Å². The standard InChI is InChI=1S/C7H6BrNO2.CH5NO2S/c1-5-2-3-6(8)4-7(5)9(10)11;1-5(2,3)4/h2-4H,1H3;1H3,(H2,2,3,4). The predicted molar refractivity (Wildman–Crippen MR) is 64.6 cm³/mol. The third kappa shape index (κ3) is 7.32. The average Bonchev–Trinajstić information content (AvgIpc) is 2.06. The van der Waals surface area contributed by atoms with Crippen LogP contribution in [0.1, 0.15) is 5.56 Å². The molecule has 1 aromatic rings. The number of benzene rings is 1. The zero-order valence-electron chi connectivity index (χ0n) is 8.68. The summed E-state index contributed by atoms with van der Waals surface area (Å²) in [6.45, 7) is 1.71. The van der Waals surface area contributed by atoms with Crippen LogP contribution < -0.4 is 5.14 Å². The fourth-order valence-corrected chi connectivity index (χ4v) is 1.13. The summed E-state index contributed by atoms with van der Waals surface area (Å²) in [6, 6.07) is 4.99. The molecule has 90 valence electrons. The first-order valence-electron chi connectivity index (χ1n) is 3.99. The second-order valence-electron chi connectivity index (χ2n) is 3.02. The molecule has 0 aliphatic carbocycles. The van der Waals surface area contributed by atoms with E-state index in [1.807, 2.05) is 0 Å². The van der Waals surface area contributed by atoms with Gasteiger partial charge in [0.2, 0.25) is 10.0 Å². The van der Waals surface area contributed by atoms with E-state index in [1.54, 1.807) is 19.1 Å². The van der Waals surface area contributed by atoms with Crippen LogP contribution in [0.3, 0.4) is 0 Å². The molecule has 6 nitrogen and oxygen atoms in total. The van der Waals surface area contributed by atoms with Crippen LogP contribution in [0.15, 0.2) is 22.7 Å². The third-order valence-corrected chi connectivity index (χ3v) is 1.86. The van der Waals surface area contributed by atoms with E-state index >= 15 is 0 Å². The number of nitro groups is 1. The summed E-state index contributed by atoms with van der Waals surface area (Å²) in [5.41, 5.74) is 0.831. The van der Waals surface area contributed by atoms with Crippen LogP contribution in [0.5, 0.6) is 0 Å². The molecule has 8 heteroatoms. The number of hydrogen-bond acceptors (Lipinski definition) is 4. The molecule has 0 heterocycles. The fourth-order valence-electron chi connectivity index (χ4n) is 0.779. The summed E-state index contributed by atoms with van der Waals surface area (Å²) in [6.07, 6.45) is 0.938. The first-order chi connectivity index (χ1) is 7.11. The largest absolute Gasteiger partial charge is 0.273 e. The van der Waals surface area contributed by atoms with Crippen molar-refractivity contribution in [3.05, 3.63) is 38.3 Å². The Bertz CT molecular complexity index is 479. The minimum atomic E-state index is -3.17. The molecule has 0 radical (unpaired) electrons. The highest BCUT2D eigenvalue weighted by atomic mass is 79.9. The van der Waals surface area contributed by atoms with Crippen molar-refractivity contribution in [2.24, 2.45) is 5.14 Å². The van der Waals surface area contributed by atoms with Crippen molar-refractivity contribution >= 4 is 31.6 Å². The van der Waals surface area contributed by atoms with E-state index in [0.717, 1.165) is 10.7 Å². The number of primary sulfonamides is 1. The van der Waals surface area contributed by atoms with Crippen LogP contribution in [-0.2, 0) is 10.0 Å².